The molecule has 2 heterocycles. The Balaban J connectivity index is 1.58. The minimum absolute atomic E-state index is 0.0337. The van der Waals surface area contributed by atoms with Crippen LogP contribution < -0.4 is 4.74 Å². The number of amides is 1. The first kappa shape index (κ1) is 16.3. The van der Waals surface area contributed by atoms with Crippen LogP contribution in [-0.4, -0.2) is 56.9 Å². The maximum absolute atomic E-state index is 12.5. The third kappa shape index (κ3) is 3.51. The molecule has 0 unspecified atom stereocenters. The molecule has 23 heavy (non-hydrogen) atoms. The third-order valence-corrected chi connectivity index (χ3v) is 4.94. The zero-order chi connectivity index (χ0) is 16.3. The van der Waals surface area contributed by atoms with E-state index in [-0.39, 0.29) is 24.0 Å². The Morgan fingerprint density at radius 1 is 1.39 bits per heavy atom. The predicted molar refractivity (Wildman–Crippen MR) is 86.5 cm³/mol. The van der Waals surface area contributed by atoms with Gasteiger partial charge in [-0.1, -0.05) is 17.7 Å². The lowest BCUT2D eigenvalue weighted by molar-refractivity contribution is -0.141. The summed E-state index contributed by atoms with van der Waals surface area (Å²) in [7, 11) is 1.71. The monoisotopic (exact) mass is 319 g/mol. The van der Waals surface area contributed by atoms with Crippen molar-refractivity contribution in [1.82, 2.24) is 4.90 Å². The van der Waals surface area contributed by atoms with Crippen LogP contribution >= 0.6 is 0 Å². The lowest BCUT2D eigenvalue weighted by atomic mass is 9.77. The number of rotatable bonds is 5. The Kier molecular flexibility index (Phi) is 4.87. The number of piperidine rings is 1. The standard InChI is InChI=1S/C18H25NO4/c1-14-3-5-15(6-4-14)23-11-17(20)19-9-7-16-18(12-19,13-21-2)8-10-22-16/h3-6,16H,7-13H2,1-2H3/t16-,18+/m1/s1. The number of nitrogens with zero attached hydrogens (tertiary/aromatic N) is 1. The molecule has 2 aliphatic rings. The summed E-state index contributed by atoms with van der Waals surface area (Å²) in [5.41, 5.74) is 1.13. The second-order valence-electron chi connectivity index (χ2n) is 6.61. The van der Waals surface area contributed by atoms with Crippen LogP contribution in [0.1, 0.15) is 18.4 Å². The highest BCUT2D eigenvalue weighted by Gasteiger charge is 2.48. The van der Waals surface area contributed by atoms with Crippen LogP contribution in [0.15, 0.2) is 24.3 Å². The fourth-order valence-corrected chi connectivity index (χ4v) is 3.63. The number of likely N-dealkylation sites (tertiary alicyclic amines) is 1. The molecule has 5 nitrogen and oxygen atoms in total. The van der Waals surface area contributed by atoms with Crippen molar-refractivity contribution in [3.8, 4) is 5.75 Å². The highest BCUT2D eigenvalue weighted by Crippen LogP contribution is 2.41. The number of fused-ring (bicyclic) bond motifs is 1. The van der Waals surface area contributed by atoms with Gasteiger partial charge in [0.2, 0.25) is 0 Å². The summed E-state index contributed by atoms with van der Waals surface area (Å²) in [4.78, 5) is 14.4. The van der Waals surface area contributed by atoms with Gasteiger partial charge in [-0.25, -0.2) is 0 Å². The molecule has 0 aliphatic carbocycles. The summed E-state index contributed by atoms with van der Waals surface area (Å²) in [6.45, 7) is 4.93. The largest absolute Gasteiger partial charge is 0.484 e. The molecule has 2 atom stereocenters. The van der Waals surface area contributed by atoms with Crippen molar-refractivity contribution < 1.29 is 19.0 Å². The van der Waals surface area contributed by atoms with Crippen LogP contribution in [0.3, 0.4) is 0 Å². The van der Waals surface area contributed by atoms with Gasteiger partial charge in [0.15, 0.2) is 6.61 Å². The molecule has 5 heteroatoms. The van der Waals surface area contributed by atoms with Crippen LogP contribution in [0.25, 0.3) is 0 Å². The van der Waals surface area contributed by atoms with Gasteiger partial charge in [0, 0.05) is 32.2 Å². The molecule has 1 aromatic carbocycles. The van der Waals surface area contributed by atoms with Crippen LogP contribution in [0.2, 0.25) is 0 Å². The molecule has 1 amide bonds. The molecule has 0 radical (unpaired) electrons. The van der Waals surface area contributed by atoms with Gasteiger partial charge in [0.05, 0.1) is 12.7 Å². The molecule has 0 saturated carbocycles. The molecule has 2 aliphatic heterocycles. The van der Waals surface area contributed by atoms with Crippen LogP contribution in [-0.2, 0) is 14.3 Å². The van der Waals surface area contributed by atoms with E-state index in [0.29, 0.717) is 13.2 Å². The van der Waals surface area contributed by atoms with Gasteiger partial charge < -0.3 is 19.1 Å². The molecular weight excluding hydrogens is 294 g/mol. The average Bonchev–Trinajstić information content (AvgIpc) is 2.97. The highest BCUT2D eigenvalue weighted by atomic mass is 16.5. The van der Waals surface area contributed by atoms with E-state index in [9.17, 15) is 4.79 Å². The quantitative estimate of drug-likeness (QED) is 0.833. The van der Waals surface area contributed by atoms with Crippen molar-refractivity contribution in [3.63, 3.8) is 0 Å². The molecule has 0 bridgehead atoms. The Hall–Kier alpha value is -1.59. The number of ether oxygens (including phenoxy) is 3. The van der Waals surface area contributed by atoms with Crippen LogP contribution in [0, 0.1) is 12.3 Å². The van der Waals surface area contributed by atoms with E-state index in [1.54, 1.807) is 7.11 Å². The highest BCUT2D eigenvalue weighted by molar-refractivity contribution is 5.78. The number of carbonyl (C=O) groups is 1. The summed E-state index contributed by atoms with van der Waals surface area (Å²) in [6, 6.07) is 7.75. The first-order valence-electron chi connectivity index (χ1n) is 8.21. The topological polar surface area (TPSA) is 48.0 Å². The predicted octanol–water partition coefficient (Wildman–Crippen LogP) is 2.03. The SMILES string of the molecule is COC[C@@]12CCO[C@@H]1CCN(C(=O)COc1ccc(C)cc1)C2. The van der Waals surface area contributed by atoms with Gasteiger partial charge in [-0.2, -0.15) is 0 Å². The van der Waals surface area contributed by atoms with Crippen LogP contribution in [0.4, 0.5) is 0 Å². The van der Waals surface area contributed by atoms with Crippen molar-refractivity contribution in [1.29, 1.82) is 0 Å². The molecule has 2 saturated heterocycles. The Morgan fingerprint density at radius 3 is 2.91 bits per heavy atom. The Bertz CT molecular complexity index is 544. The number of methoxy groups -OCH3 is 1. The smallest absolute Gasteiger partial charge is 0.260 e. The van der Waals surface area contributed by atoms with E-state index >= 15 is 0 Å². The second-order valence-corrected chi connectivity index (χ2v) is 6.61. The molecule has 126 valence electrons. The average molecular weight is 319 g/mol. The molecule has 0 spiro atoms. The molecule has 1 aromatic rings. The van der Waals surface area contributed by atoms with Crippen molar-refractivity contribution in [3.05, 3.63) is 29.8 Å². The maximum Gasteiger partial charge on any atom is 0.260 e. The van der Waals surface area contributed by atoms with Gasteiger partial charge >= 0.3 is 0 Å². The first-order valence-corrected chi connectivity index (χ1v) is 8.21. The van der Waals surface area contributed by atoms with E-state index in [1.165, 1.54) is 5.56 Å². The van der Waals surface area contributed by atoms with Crippen molar-refractivity contribution in [2.24, 2.45) is 5.41 Å². The number of benzene rings is 1. The normalized spacial score (nSPS) is 26.9. The minimum Gasteiger partial charge on any atom is -0.484 e. The number of carbonyl (C=O) groups excluding carboxylic acids is 1. The maximum atomic E-state index is 12.5. The second kappa shape index (κ2) is 6.89. The molecule has 2 fully saturated rings. The Morgan fingerprint density at radius 2 is 2.17 bits per heavy atom. The van der Waals surface area contributed by atoms with Gasteiger partial charge in [0.1, 0.15) is 5.75 Å². The number of aryl methyl sites for hydroxylation is 1. The summed E-state index contributed by atoms with van der Waals surface area (Å²) in [6.07, 6.45) is 2.04. The lowest BCUT2D eigenvalue weighted by Crippen LogP contribution is -2.54. The van der Waals surface area contributed by atoms with Crippen LogP contribution in [0.5, 0.6) is 5.75 Å². The van der Waals surface area contributed by atoms with Gasteiger partial charge in [-0.15, -0.1) is 0 Å². The van der Waals surface area contributed by atoms with Crippen molar-refractivity contribution in [2.45, 2.75) is 25.9 Å². The van der Waals surface area contributed by atoms with E-state index in [2.05, 4.69) is 0 Å². The zero-order valence-electron chi connectivity index (χ0n) is 13.9. The fraction of sp³-hybridized carbons (Fsp3) is 0.611. The number of hydrogen-bond donors (Lipinski definition) is 0. The Labute approximate surface area is 137 Å². The first-order chi connectivity index (χ1) is 11.1. The minimum atomic E-state index is -0.0491. The molecule has 3 rings (SSSR count). The van der Waals surface area contributed by atoms with E-state index in [4.69, 9.17) is 14.2 Å². The summed E-state index contributed by atoms with van der Waals surface area (Å²) in [5.74, 6) is 0.765. The van der Waals surface area contributed by atoms with E-state index in [0.717, 1.165) is 31.7 Å². The van der Waals surface area contributed by atoms with Crippen molar-refractivity contribution >= 4 is 5.91 Å². The molecule has 0 aromatic heterocycles. The van der Waals surface area contributed by atoms with E-state index < -0.39 is 0 Å². The molecule has 0 N–H and O–H groups in total. The van der Waals surface area contributed by atoms with Crippen molar-refractivity contribution in [2.75, 3.05) is 40.0 Å². The summed E-state index contributed by atoms with van der Waals surface area (Å²) in [5, 5.41) is 0. The summed E-state index contributed by atoms with van der Waals surface area (Å²) >= 11 is 0. The van der Waals surface area contributed by atoms with E-state index in [1.807, 2.05) is 36.1 Å². The van der Waals surface area contributed by atoms with Gasteiger partial charge in [0.25, 0.3) is 5.91 Å². The lowest BCUT2D eigenvalue weighted by Gasteiger charge is -2.43. The fourth-order valence-electron chi connectivity index (χ4n) is 3.63. The summed E-state index contributed by atoms with van der Waals surface area (Å²) < 4.78 is 16.9. The van der Waals surface area contributed by atoms with Gasteiger partial charge in [-0.3, -0.25) is 4.79 Å². The number of hydrogen-bond acceptors (Lipinski definition) is 4. The molecular formula is C18H25NO4. The third-order valence-electron chi connectivity index (χ3n) is 4.94. The van der Waals surface area contributed by atoms with Gasteiger partial charge in [-0.05, 0) is 31.9 Å². The zero-order valence-corrected chi connectivity index (χ0v) is 13.9.